The number of carbonyl (C=O) groups excluding carboxylic acids is 2. The highest BCUT2D eigenvalue weighted by Gasteiger charge is 2.37. The fourth-order valence-corrected chi connectivity index (χ4v) is 11.0. The van der Waals surface area contributed by atoms with Crippen molar-refractivity contribution < 1.29 is 14.3 Å². The lowest BCUT2D eigenvalue weighted by Gasteiger charge is -2.41. The minimum Gasteiger partial charge on any atom is -0.371 e. The Morgan fingerprint density at radius 1 is 0.618 bits per heavy atom. The number of likely N-dealkylation sites (N-methyl/N-ethyl adjacent to an activating group) is 2. The zero-order valence-electron chi connectivity index (χ0n) is 38.6. The molecule has 4 saturated heterocycles. The van der Waals surface area contributed by atoms with Gasteiger partial charge < -0.3 is 55.1 Å². The molecule has 6 aliphatic heterocycles. The summed E-state index contributed by atoms with van der Waals surface area (Å²) in [5.74, 6) is 1.92. The van der Waals surface area contributed by atoms with Crippen LogP contribution >= 0.6 is 0 Å². The predicted molar refractivity (Wildman–Crippen MR) is 261 cm³/mol. The number of amides is 2. The van der Waals surface area contributed by atoms with Crippen LogP contribution in [0.3, 0.4) is 0 Å². The van der Waals surface area contributed by atoms with E-state index in [4.69, 9.17) is 24.7 Å². The summed E-state index contributed by atoms with van der Waals surface area (Å²) in [4.78, 5) is 62.7. The molecular weight excluding hydrogens is 859 g/mol. The molecule has 0 saturated carbocycles. The Labute approximate surface area is 394 Å². The summed E-state index contributed by atoms with van der Waals surface area (Å²) in [5.41, 5.74) is 11.1. The van der Waals surface area contributed by atoms with Gasteiger partial charge in [-0.1, -0.05) is 6.07 Å². The molecule has 3 atom stereocenters. The molecular formula is C50H55N15O3. The van der Waals surface area contributed by atoms with Crippen molar-refractivity contribution in [1.29, 1.82) is 0 Å². The highest BCUT2D eigenvalue weighted by atomic mass is 16.5. The zero-order chi connectivity index (χ0) is 46.0. The first-order valence-electron chi connectivity index (χ1n) is 23.7. The minimum absolute atomic E-state index is 0.0908. The van der Waals surface area contributed by atoms with Gasteiger partial charge in [-0.25, -0.2) is 15.0 Å². The number of piperazine rings is 2. The molecule has 4 N–H and O–H groups in total. The highest BCUT2D eigenvalue weighted by Crippen LogP contribution is 2.42. The Balaban J connectivity index is 0.778. The fraction of sp³-hybridized carbons (Fsp3) is 0.380. The van der Waals surface area contributed by atoms with Gasteiger partial charge in [0.15, 0.2) is 0 Å². The van der Waals surface area contributed by atoms with Gasteiger partial charge in [0.1, 0.15) is 17.5 Å². The molecule has 0 aliphatic carbocycles. The molecule has 0 spiro atoms. The van der Waals surface area contributed by atoms with Crippen molar-refractivity contribution in [1.82, 2.24) is 49.9 Å². The molecule has 4 fully saturated rings. The predicted octanol–water partition coefficient (Wildman–Crippen LogP) is 4.92. The maximum atomic E-state index is 13.5. The number of morpholine rings is 1. The molecule has 5 aromatic heterocycles. The van der Waals surface area contributed by atoms with E-state index in [0.29, 0.717) is 47.2 Å². The second-order valence-corrected chi connectivity index (χ2v) is 18.9. The van der Waals surface area contributed by atoms with E-state index < -0.39 is 0 Å². The number of aromatic nitrogens is 6. The Hall–Kier alpha value is -7.15. The zero-order valence-corrected chi connectivity index (χ0v) is 38.6. The van der Waals surface area contributed by atoms with Gasteiger partial charge in [-0.3, -0.25) is 19.6 Å². The number of ether oxygens (including phenoxy) is 1. The van der Waals surface area contributed by atoms with Crippen LogP contribution in [0.1, 0.15) is 56.6 Å². The van der Waals surface area contributed by atoms with Crippen LogP contribution in [0.5, 0.6) is 0 Å². The number of nitrogens with zero attached hydrogens (tertiary/aromatic N) is 11. The van der Waals surface area contributed by atoms with E-state index in [2.05, 4.69) is 93.7 Å². The first-order chi connectivity index (χ1) is 33.2. The third-order valence-electron chi connectivity index (χ3n) is 14.6. The number of benzene rings is 1. The second kappa shape index (κ2) is 17.2. The van der Waals surface area contributed by atoms with Crippen LogP contribution in [-0.4, -0.2) is 136 Å². The Morgan fingerprint density at radius 2 is 1.31 bits per heavy atom. The van der Waals surface area contributed by atoms with Crippen LogP contribution in [0.2, 0.25) is 0 Å². The molecule has 3 unspecified atom stereocenters. The fourth-order valence-electron chi connectivity index (χ4n) is 11.0. The molecule has 0 radical (unpaired) electrons. The molecule has 18 nitrogen and oxygen atoms in total. The van der Waals surface area contributed by atoms with Crippen molar-refractivity contribution in [3.8, 4) is 22.5 Å². The largest absolute Gasteiger partial charge is 0.371 e. The summed E-state index contributed by atoms with van der Waals surface area (Å²) < 4.78 is 8.24. The maximum absolute atomic E-state index is 13.5. The number of pyridine rings is 4. The number of hydrogen-bond acceptors (Lipinski definition) is 15. The van der Waals surface area contributed by atoms with Gasteiger partial charge >= 0.3 is 0 Å². The summed E-state index contributed by atoms with van der Waals surface area (Å²) >= 11 is 0. The van der Waals surface area contributed by atoms with Crippen LogP contribution in [-0.2, 0) is 24.9 Å². The number of imidazole rings is 1. The van der Waals surface area contributed by atoms with Crippen LogP contribution < -0.4 is 36.0 Å². The Morgan fingerprint density at radius 3 is 2.04 bits per heavy atom. The van der Waals surface area contributed by atoms with E-state index in [0.717, 1.165) is 128 Å². The Bertz CT molecular complexity index is 2900. The monoisotopic (exact) mass is 913 g/mol. The number of fused-ring (bicyclic) bond motifs is 4. The molecule has 1 aromatic carbocycles. The van der Waals surface area contributed by atoms with Crippen LogP contribution in [0, 0.1) is 0 Å². The standard InChI is InChI=1S/C50H55N15O3/c1-60-14-17-63(18-15-60)30-4-10-44(52-20-30)59-39-24-54-47(37-23-57-50(67)46(37)39)41-26-55-48(62(41)3)42-29-61(2)16-19-65(42)31-5-11-43(53-21-31)58-38-9-8-34(36-22-56-49(66)45(36)38)35-12-13-51-25-40(35)64-27-32-6-7-33(28-64)68-32/h4-5,8-13,20-21,24-26,32-33,42H,6-7,14-19,22-23,27-29H2,1-3H3,(H,52,59)(H,53,58)(H,56,66)(H,57,67). The number of anilines is 7. The lowest BCUT2D eigenvalue weighted by molar-refractivity contribution is 0.0305. The van der Waals surface area contributed by atoms with E-state index in [-0.39, 0.29) is 30.1 Å². The summed E-state index contributed by atoms with van der Waals surface area (Å²) in [6.07, 6.45) is 13.8. The molecule has 18 heteroatoms. The SMILES string of the molecule is CN1CCN(c2ccc(Nc3cnc(-c4cnc(C5CN(C)CCN5c5ccc(Nc6ccc(-c7ccncc7N7CC8CCC(C7)O8)c7c6C(=O)NC7)nc5)n4C)c4c3C(=O)NC4)nc2)CC1. The molecule has 11 heterocycles. The van der Waals surface area contributed by atoms with Crippen molar-refractivity contribution in [2.75, 3.05) is 98.3 Å². The first-order valence-corrected chi connectivity index (χ1v) is 23.7. The molecule has 6 aromatic rings. The highest BCUT2D eigenvalue weighted by molar-refractivity contribution is 6.07. The maximum Gasteiger partial charge on any atom is 0.254 e. The van der Waals surface area contributed by atoms with E-state index in [1.807, 2.05) is 56.2 Å². The summed E-state index contributed by atoms with van der Waals surface area (Å²) in [6.45, 7) is 8.85. The number of rotatable bonds is 10. The molecule has 6 aliphatic rings. The van der Waals surface area contributed by atoms with Gasteiger partial charge in [0.05, 0.1) is 100 Å². The second-order valence-electron chi connectivity index (χ2n) is 18.9. The van der Waals surface area contributed by atoms with Gasteiger partial charge in [-0.2, -0.15) is 0 Å². The molecule has 68 heavy (non-hydrogen) atoms. The van der Waals surface area contributed by atoms with Gasteiger partial charge in [0.2, 0.25) is 0 Å². The quantitative estimate of drug-likeness (QED) is 0.146. The van der Waals surface area contributed by atoms with Gasteiger partial charge in [0.25, 0.3) is 11.8 Å². The van der Waals surface area contributed by atoms with E-state index in [9.17, 15) is 9.59 Å². The van der Waals surface area contributed by atoms with Gasteiger partial charge in [0, 0.05) is 96.4 Å². The molecule has 2 amide bonds. The van der Waals surface area contributed by atoms with Crippen LogP contribution in [0.25, 0.3) is 22.5 Å². The number of hydrogen-bond donors (Lipinski definition) is 4. The van der Waals surface area contributed by atoms with Crippen molar-refractivity contribution >= 4 is 51.9 Å². The summed E-state index contributed by atoms with van der Waals surface area (Å²) in [7, 11) is 6.30. The smallest absolute Gasteiger partial charge is 0.254 e. The lowest BCUT2D eigenvalue weighted by atomic mass is 9.94. The van der Waals surface area contributed by atoms with Gasteiger partial charge in [-0.05, 0) is 74.5 Å². The average Bonchev–Trinajstić information content (AvgIpc) is 4.15. The lowest BCUT2D eigenvalue weighted by Crippen LogP contribution is -2.47. The normalized spacial score (nSPS) is 21.5. The third-order valence-corrected chi connectivity index (χ3v) is 14.6. The first kappa shape index (κ1) is 42.2. The molecule has 2 bridgehead atoms. The summed E-state index contributed by atoms with van der Waals surface area (Å²) in [5, 5.41) is 13.0. The van der Waals surface area contributed by atoms with Crippen LogP contribution in [0.4, 0.5) is 40.1 Å². The molecule has 12 rings (SSSR count). The van der Waals surface area contributed by atoms with Crippen molar-refractivity contribution in [2.45, 2.75) is 44.2 Å². The van der Waals surface area contributed by atoms with Crippen molar-refractivity contribution in [2.24, 2.45) is 7.05 Å². The van der Waals surface area contributed by atoms with E-state index in [1.54, 1.807) is 6.20 Å². The third kappa shape index (κ3) is 7.61. The van der Waals surface area contributed by atoms with Crippen molar-refractivity contribution in [3.05, 3.63) is 108 Å². The topological polar surface area (TPSA) is 177 Å². The Kier molecular flexibility index (Phi) is 10.7. The minimum atomic E-state index is -0.146. The average molecular weight is 914 g/mol. The van der Waals surface area contributed by atoms with Crippen molar-refractivity contribution in [3.63, 3.8) is 0 Å². The van der Waals surface area contributed by atoms with E-state index >= 15 is 0 Å². The molecule has 348 valence electrons. The van der Waals surface area contributed by atoms with E-state index in [1.165, 1.54) is 0 Å². The number of nitrogens with one attached hydrogen (secondary N) is 4. The summed E-state index contributed by atoms with van der Waals surface area (Å²) in [6, 6.07) is 14.1. The van der Waals surface area contributed by atoms with Gasteiger partial charge in [-0.15, -0.1) is 0 Å². The number of carbonyl (C=O) groups is 2. The van der Waals surface area contributed by atoms with Crippen LogP contribution in [0.15, 0.2) is 79.6 Å².